The van der Waals surface area contributed by atoms with Crippen LogP contribution in [0.5, 0.6) is 11.5 Å². The Morgan fingerprint density at radius 1 is 1.00 bits per heavy atom. The number of allylic oxidation sites excluding steroid dienone is 1. The van der Waals surface area contributed by atoms with Gasteiger partial charge in [0.1, 0.15) is 11.5 Å². The van der Waals surface area contributed by atoms with Gasteiger partial charge in [-0.2, -0.15) is 8.78 Å². The van der Waals surface area contributed by atoms with Crippen molar-refractivity contribution < 1.29 is 27.3 Å². The highest BCUT2D eigenvalue weighted by Gasteiger charge is 2.12. The van der Waals surface area contributed by atoms with E-state index in [0.29, 0.717) is 22.8 Å². The molecule has 0 fully saturated rings. The van der Waals surface area contributed by atoms with Crippen molar-refractivity contribution in [2.24, 2.45) is 0 Å². The fourth-order valence-electron chi connectivity index (χ4n) is 4.47. The Kier molecular flexibility index (Phi) is 11.8. The summed E-state index contributed by atoms with van der Waals surface area (Å²) in [4.78, 5) is 17.6. The first kappa shape index (κ1) is 31.8. The lowest BCUT2D eigenvalue weighted by atomic mass is 10.0. The minimum absolute atomic E-state index is 0.0190. The number of benzene rings is 3. The van der Waals surface area contributed by atoms with E-state index >= 15 is 0 Å². The Labute approximate surface area is 253 Å². The lowest BCUT2D eigenvalue weighted by Gasteiger charge is -2.11. The van der Waals surface area contributed by atoms with Crippen LogP contribution < -0.4 is 9.47 Å². The first-order valence-electron chi connectivity index (χ1n) is 14.4. The number of unbranched alkanes of at least 4 members (excludes halogenated alkanes) is 1. The number of halogens is 2. The molecule has 4 rings (SSSR count). The summed E-state index contributed by atoms with van der Waals surface area (Å²) < 4.78 is 51.5. The van der Waals surface area contributed by atoms with Gasteiger partial charge in [0.15, 0.2) is 5.78 Å². The highest BCUT2D eigenvalue weighted by Crippen LogP contribution is 2.30. The zero-order valence-electron chi connectivity index (χ0n) is 24.4. The van der Waals surface area contributed by atoms with Crippen LogP contribution in [0.3, 0.4) is 0 Å². The molecule has 0 aliphatic heterocycles. The average molecular weight is 607 g/mol. The monoisotopic (exact) mass is 606 g/mol. The van der Waals surface area contributed by atoms with Gasteiger partial charge in [0.25, 0.3) is 0 Å². The largest absolute Gasteiger partial charge is 0.494 e. The molecule has 1 aromatic heterocycles. The Morgan fingerprint density at radius 2 is 1.74 bits per heavy atom. The van der Waals surface area contributed by atoms with E-state index in [2.05, 4.69) is 18.8 Å². The molecule has 0 saturated carbocycles. The van der Waals surface area contributed by atoms with Crippen LogP contribution in [0.1, 0.15) is 49.9 Å². The summed E-state index contributed by atoms with van der Waals surface area (Å²) in [6.07, 6.45) is 9.43. The Hall–Kier alpha value is -4.11. The first-order chi connectivity index (χ1) is 20.9. The fourth-order valence-corrected chi connectivity index (χ4v) is 5.58. The van der Waals surface area contributed by atoms with Crippen molar-refractivity contribution in [1.82, 2.24) is 9.55 Å². The summed E-state index contributed by atoms with van der Waals surface area (Å²) >= 11 is 0. The summed E-state index contributed by atoms with van der Waals surface area (Å²) in [5.74, 6) is 0.896. The van der Waals surface area contributed by atoms with Gasteiger partial charge >= 0.3 is 6.61 Å². The van der Waals surface area contributed by atoms with Crippen molar-refractivity contribution in [2.45, 2.75) is 63.3 Å². The van der Waals surface area contributed by atoms with Gasteiger partial charge in [-0.15, -0.1) is 0 Å². The number of ether oxygens (including phenoxy) is 2. The number of rotatable bonds is 16. The highest BCUT2D eigenvalue weighted by atomic mass is 32.2. The second-order valence-electron chi connectivity index (χ2n) is 10.0. The number of aromatic nitrogens is 2. The maximum atomic E-state index is 13.1. The molecule has 0 aliphatic carbocycles. The van der Waals surface area contributed by atoms with Crippen LogP contribution in [-0.2, 0) is 34.3 Å². The third-order valence-electron chi connectivity index (χ3n) is 6.74. The summed E-state index contributed by atoms with van der Waals surface area (Å²) in [6.45, 7) is 2.65. The molecule has 0 N–H and O–H groups in total. The summed E-state index contributed by atoms with van der Waals surface area (Å²) in [5.41, 5.74) is 3.69. The van der Waals surface area contributed by atoms with E-state index in [1.165, 1.54) is 18.2 Å². The van der Waals surface area contributed by atoms with Crippen molar-refractivity contribution in [3.63, 3.8) is 0 Å². The predicted octanol–water partition coefficient (Wildman–Crippen LogP) is 7.87. The van der Waals surface area contributed by atoms with Crippen molar-refractivity contribution >= 4 is 22.7 Å². The Bertz CT molecular complexity index is 1530. The van der Waals surface area contributed by atoms with Crippen molar-refractivity contribution in [3.05, 3.63) is 102 Å². The number of alkyl halides is 2. The van der Waals surface area contributed by atoms with E-state index in [-0.39, 0.29) is 18.0 Å². The molecule has 9 heteroatoms. The van der Waals surface area contributed by atoms with E-state index < -0.39 is 17.4 Å². The average Bonchev–Trinajstić information content (AvgIpc) is 3.43. The maximum Gasteiger partial charge on any atom is 0.387 e. The van der Waals surface area contributed by atoms with Crippen LogP contribution in [0.15, 0.2) is 90.2 Å². The molecular formula is C34H36F2N2O4S. The maximum absolute atomic E-state index is 13.1. The zero-order chi connectivity index (χ0) is 30.6. The molecule has 43 heavy (non-hydrogen) atoms. The number of nitrogens with zero attached hydrogens (tertiary/aromatic N) is 2. The normalized spacial score (nSPS) is 12.1. The second kappa shape index (κ2) is 15.9. The van der Waals surface area contributed by atoms with Crippen molar-refractivity contribution in [1.29, 1.82) is 0 Å². The fraction of sp³-hybridized carbons (Fsp3) is 0.294. The molecule has 1 atom stereocenters. The molecule has 0 saturated heterocycles. The zero-order valence-corrected chi connectivity index (χ0v) is 25.2. The van der Waals surface area contributed by atoms with Gasteiger partial charge in [-0.25, -0.2) is 4.98 Å². The molecule has 6 nitrogen and oxygen atoms in total. The Morgan fingerprint density at radius 3 is 2.44 bits per heavy atom. The van der Waals surface area contributed by atoms with E-state index in [4.69, 9.17) is 9.47 Å². The number of imidazole rings is 1. The number of hydrogen-bond donors (Lipinski definition) is 0. The minimum Gasteiger partial charge on any atom is -0.494 e. The molecule has 0 aliphatic rings. The SMILES string of the molecule is CCCCOc1ccc(-c2ccc(OC(F)F)c(/C=C/C(=O)Cc3ccc([S@](=O)Cc4cncn4CCC)cc3)c2)cc1. The molecule has 4 aromatic rings. The number of carbonyl (C=O) groups excluding carboxylic acids is 1. The van der Waals surface area contributed by atoms with Gasteiger partial charge in [-0.3, -0.25) is 9.00 Å². The standard InChI is InChI=1S/C34H36F2N2O4S/c1-3-5-19-41-31-13-9-26(10-14-31)27-11-17-33(42-34(35)36)28(21-27)8-12-30(39)20-25-6-15-32(16-7-25)43(40)23-29-22-37-24-38(29)18-4-2/h6-17,21-22,24,34H,3-5,18-20,23H2,1-2H3/b12-8+/t43-/m1/s1. The third kappa shape index (κ3) is 9.44. The predicted molar refractivity (Wildman–Crippen MR) is 166 cm³/mol. The molecule has 0 spiro atoms. The number of ketones is 1. The minimum atomic E-state index is -3.00. The molecule has 3 aromatic carbocycles. The molecule has 226 valence electrons. The van der Waals surface area contributed by atoms with E-state index in [0.717, 1.165) is 53.9 Å². The molecule has 0 amide bonds. The van der Waals surface area contributed by atoms with Crippen LogP contribution in [0.4, 0.5) is 8.78 Å². The van der Waals surface area contributed by atoms with E-state index in [9.17, 15) is 17.8 Å². The van der Waals surface area contributed by atoms with E-state index in [1.54, 1.807) is 48.9 Å². The van der Waals surface area contributed by atoms with Crippen LogP contribution in [0.2, 0.25) is 0 Å². The van der Waals surface area contributed by atoms with Gasteiger partial charge in [-0.05, 0) is 78.1 Å². The topological polar surface area (TPSA) is 70.4 Å². The molecule has 0 bridgehead atoms. The number of carbonyl (C=O) groups is 1. The van der Waals surface area contributed by atoms with Crippen molar-refractivity contribution in [3.8, 4) is 22.6 Å². The lowest BCUT2D eigenvalue weighted by molar-refractivity contribution is -0.113. The van der Waals surface area contributed by atoms with Crippen LogP contribution in [0, 0.1) is 0 Å². The van der Waals surface area contributed by atoms with Gasteiger partial charge in [-0.1, -0.05) is 50.6 Å². The van der Waals surface area contributed by atoms with Gasteiger partial charge < -0.3 is 14.0 Å². The Balaban J connectivity index is 1.42. The highest BCUT2D eigenvalue weighted by molar-refractivity contribution is 7.84. The number of aryl methyl sites for hydroxylation is 1. The smallest absolute Gasteiger partial charge is 0.387 e. The quantitative estimate of drug-likeness (QED) is 0.0959. The van der Waals surface area contributed by atoms with Crippen LogP contribution >= 0.6 is 0 Å². The summed E-state index contributed by atoms with van der Waals surface area (Å²) in [6, 6.07) is 19.5. The third-order valence-corrected chi connectivity index (χ3v) is 8.09. The first-order valence-corrected chi connectivity index (χ1v) is 15.7. The molecule has 1 heterocycles. The van der Waals surface area contributed by atoms with Crippen molar-refractivity contribution in [2.75, 3.05) is 6.61 Å². The van der Waals surface area contributed by atoms with Gasteiger partial charge in [0.2, 0.25) is 0 Å². The molecule has 0 unspecified atom stereocenters. The number of hydrogen-bond acceptors (Lipinski definition) is 5. The van der Waals surface area contributed by atoms with E-state index in [1.807, 2.05) is 28.8 Å². The van der Waals surface area contributed by atoms with Gasteiger partial charge in [0.05, 0.1) is 35.2 Å². The van der Waals surface area contributed by atoms with Crippen LogP contribution in [-0.4, -0.2) is 32.8 Å². The van der Waals surface area contributed by atoms with Crippen LogP contribution in [0.25, 0.3) is 17.2 Å². The summed E-state index contributed by atoms with van der Waals surface area (Å²) in [7, 11) is -1.25. The molecular weight excluding hydrogens is 570 g/mol. The molecule has 0 radical (unpaired) electrons. The lowest BCUT2D eigenvalue weighted by Crippen LogP contribution is -2.05. The van der Waals surface area contributed by atoms with Gasteiger partial charge in [0, 0.05) is 29.6 Å². The summed E-state index contributed by atoms with van der Waals surface area (Å²) in [5, 5.41) is 0. The second-order valence-corrected chi connectivity index (χ2v) is 11.5.